The van der Waals surface area contributed by atoms with E-state index in [9.17, 15) is 14.7 Å². The topological polar surface area (TPSA) is 111 Å². The van der Waals surface area contributed by atoms with Crippen LogP contribution in [0.25, 0.3) is 0 Å². The molecule has 0 radical (unpaired) electrons. The second-order valence-electron chi connectivity index (χ2n) is 6.54. The number of carbonyl (C=O) groups is 2. The average Bonchev–Trinajstić information content (AvgIpc) is 3.08. The van der Waals surface area contributed by atoms with Crippen LogP contribution in [0.3, 0.4) is 0 Å². The van der Waals surface area contributed by atoms with Crippen LogP contribution in [0.15, 0.2) is 35.3 Å². The maximum atomic E-state index is 12.6. The highest BCUT2D eigenvalue weighted by Gasteiger charge is 2.28. The Bertz CT molecular complexity index is 897. The van der Waals surface area contributed by atoms with Crippen LogP contribution < -0.4 is 5.32 Å². The van der Waals surface area contributed by atoms with Gasteiger partial charge in [0.15, 0.2) is 0 Å². The summed E-state index contributed by atoms with van der Waals surface area (Å²) >= 11 is 1.41. The number of ether oxygens (including phenoxy) is 1. The molecule has 1 aromatic heterocycles. The molecule has 0 bridgehead atoms. The fourth-order valence-corrected chi connectivity index (χ4v) is 4.25. The first-order valence-electron chi connectivity index (χ1n) is 9.17. The van der Waals surface area contributed by atoms with Crippen molar-refractivity contribution in [3.05, 3.63) is 51.9 Å². The van der Waals surface area contributed by atoms with Gasteiger partial charge in [-0.1, -0.05) is 18.2 Å². The van der Waals surface area contributed by atoms with Gasteiger partial charge < -0.3 is 25.2 Å². The number of fused-ring (bicyclic) bond motifs is 1. The highest BCUT2D eigenvalue weighted by Crippen LogP contribution is 2.36. The Morgan fingerprint density at radius 2 is 2.14 bits per heavy atom. The number of hydrogen-bond donors (Lipinski definition) is 3. The smallest absolute Gasteiger partial charge is 0.410 e. The third-order valence-corrected chi connectivity index (χ3v) is 5.64. The fraction of sp³-hybridized carbons (Fsp3) is 0.350. The molecule has 0 aliphatic carbocycles. The van der Waals surface area contributed by atoms with E-state index in [0.717, 1.165) is 16.0 Å². The molecule has 3 rings (SSSR count). The standard InChI is InChI=1S/C20H23N3O5S/c1-21-9-16-15-7-8-23(20(27)28-12-14(25)11-24)10-17(15)29-19(16)22-18(26)13-5-3-2-4-6-13/h2-6,9,14,24-25H,7-8,10-12H2,1H3,(H,22,26). The minimum atomic E-state index is -1.09. The van der Waals surface area contributed by atoms with Crippen molar-refractivity contribution in [2.45, 2.75) is 19.1 Å². The van der Waals surface area contributed by atoms with E-state index in [2.05, 4.69) is 10.3 Å². The quantitative estimate of drug-likeness (QED) is 0.622. The Balaban J connectivity index is 1.76. The first-order chi connectivity index (χ1) is 14.0. The number of nitrogens with one attached hydrogen (secondary N) is 1. The number of carbonyl (C=O) groups excluding carboxylic acids is 2. The lowest BCUT2D eigenvalue weighted by molar-refractivity contribution is 0.0188. The molecule has 1 aliphatic heterocycles. The summed E-state index contributed by atoms with van der Waals surface area (Å²) in [5, 5.41) is 21.8. The maximum absolute atomic E-state index is 12.6. The van der Waals surface area contributed by atoms with Crippen molar-refractivity contribution in [3.8, 4) is 0 Å². The molecule has 0 saturated carbocycles. The van der Waals surface area contributed by atoms with Crippen LogP contribution >= 0.6 is 11.3 Å². The van der Waals surface area contributed by atoms with Gasteiger partial charge >= 0.3 is 6.09 Å². The zero-order chi connectivity index (χ0) is 20.8. The predicted molar refractivity (Wildman–Crippen MR) is 111 cm³/mol. The summed E-state index contributed by atoms with van der Waals surface area (Å²) < 4.78 is 5.04. The van der Waals surface area contributed by atoms with Crippen molar-refractivity contribution in [2.24, 2.45) is 4.99 Å². The van der Waals surface area contributed by atoms with E-state index in [-0.39, 0.29) is 12.5 Å². The number of benzene rings is 1. The van der Waals surface area contributed by atoms with E-state index in [0.29, 0.717) is 30.1 Å². The number of anilines is 1. The van der Waals surface area contributed by atoms with E-state index in [1.165, 1.54) is 11.3 Å². The predicted octanol–water partition coefficient (Wildman–Crippen LogP) is 1.90. The van der Waals surface area contributed by atoms with Crippen LogP contribution in [0.4, 0.5) is 9.80 Å². The van der Waals surface area contributed by atoms with Crippen LogP contribution in [-0.4, -0.2) is 66.2 Å². The minimum Gasteiger partial charge on any atom is -0.447 e. The molecule has 2 amide bonds. The van der Waals surface area contributed by atoms with E-state index < -0.39 is 18.8 Å². The second kappa shape index (κ2) is 9.64. The largest absolute Gasteiger partial charge is 0.447 e. The number of amides is 2. The van der Waals surface area contributed by atoms with Gasteiger partial charge in [-0.15, -0.1) is 11.3 Å². The number of nitrogens with zero attached hydrogens (tertiary/aromatic N) is 2. The number of hydrogen-bond acceptors (Lipinski definition) is 7. The lowest BCUT2D eigenvalue weighted by Gasteiger charge is -2.26. The van der Waals surface area contributed by atoms with Gasteiger partial charge in [-0.3, -0.25) is 9.79 Å². The van der Waals surface area contributed by atoms with Gasteiger partial charge in [0.2, 0.25) is 0 Å². The monoisotopic (exact) mass is 417 g/mol. The number of aliphatic hydroxyl groups excluding tert-OH is 2. The number of aliphatic hydroxyl groups is 2. The van der Waals surface area contributed by atoms with Gasteiger partial charge in [0.1, 0.15) is 17.7 Å². The van der Waals surface area contributed by atoms with E-state index in [1.54, 1.807) is 42.4 Å². The van der Waals surface area contributed by atoms with Crippen molar-refractivity contribution >= 4 is 34.6 Å². The van der Waals surface area contributed by atoms with Gasteiger partial charge in [-0.2, -0.15) is 0 Å². The minimum absolute atomic E-state index is 0.204. The van der Waals surface area contributed by atoms with Crippen LogP contribution in [0.1, 0.15) is 26.4 Å². The zero-order valence-corrected chi connectivity index (χ0v) is 16.8. The normalized spacial score (nSPS) is 14.5. The van der Waals surface area contributed by atoms with Gasteiger partial charge in [-0.05, 0) is 24.1 Å². The third kappa shape index (κ3) is 5.00. The number of thiophene rings is 1. The molecule has 1 aliphatic rings. The number of rotatable bonds is 6. The summed E-state index contributed by atoms with van der Waals surface area (Å²) in [5.41, 5.74) is 2.48. The fourth-order valence-electron chi connectivity index (χ4n) is 3.02. The van der Waals surface area contributed by atoms with Crippen molar-refractivity contribution in [1.82, 2.24) is 4.90 Å². The van der Waals surface area contributed by atoms with Gasteiger partial charge in [0, 0.05) is 35.8 Å². The highest BCUT2D eigenvalue weighted by molar-refractivity contribution is 7.17. The molecule has 1 aromatic carbocycles. The molecular weight excluding hydrogens is 394 g/mol. The van der Waals surface area contributed by atoms with Crippen LogP contribution in [0.2, 0.25) is 0 Å². The average molecular weight is 417 g/mol. The Hall–Kier alpha value is -2.75. The Labute approximate surface area is 172 Å². The van der Waals surface area contributed by atoms with Gasteiger partial charge in [0.05, 0.1) is 13.2 Å². The summed E-state index contributed by atoms with van der Waals surface area (Å²) in [4.78, 5) is 31.4. The first kappa shape index (κ1) is 21.0. The first-order valence-corrected chi connectivity index (χ1v) is 9.98. The highest BCUT2D eigenvalue weighted by atomic mass is 32.1. The van der Waals surface area contributed by atoms with E-state index in [4.69, 9.17) is 9.84 Å². The molecule has 0 fully saturated rings. The van der Waals surface area contributed by atoms with Crippen molar-refractivity contribution in [3.63, 3.8) is 0 Å². The van der Waals surface area contributed by atoms with Crippen molar-refractivity contribution in [2.75, 3.05) is 32.1 Å². The molecule has 0 spiro atoms. The molecule has 3 N–H and O–H groups in total. The zero-order valence-electron chi connectivity index (χ0n) is 16.0. The van der Waals surface area contributed by atoms with E-state index in [1.807, 2.05) is 6.07 Å². The second-order valence-corrected chi connectivity index (χ2v) is 7.64. The molecule has 1 unspecified atom stereocenters. The van der Waals surface area contributed by atoms with Crippen molar-refractivity contribution < 1.29 is 24.5 Å². The summed E-state index contributed by atoms with van der Waals surface area (Å²) in [6.07, 6.45) is 0.693. The molecule has 8 nitrogen and oxygen atoms in total. The lowest BCUT2D eigenvalue weighted by atomic mass is 10.0. The van der Waals surface area contributed by atoms with Crippen LogP contribution in [0.5, 0.6) is 0 Å². The van der Waals surface area contributed by atoms with E-state index >= 15 is 0 Å². The maximum Gasteiger partial charge on any atom is 0.410 e. The molecular formula is C20H23N3O5S. The van der Waals surface area contributed by atoms with Crippen LogP contribution in [0, 0.1) is 0 Å². The SMILES string of the molecule is CN=Cc1c(NC(=O)c2ccccc2)sc2c1CCN(C(=O)OCC(O)CO)C2. The Kier molecular flexibility index (Phi) is 6.97. The van der Waals surface area contributed by atoms with Crippen LogP contribution in [-0.2, 0) is 17.7 Å². The molecule has 2 aromatic rings. The molecule has 29 heavy (non-hydrogen) atoms. The summed E-state index contributed by atoms with van der Waals surface area (Å²) in [6.45, 7) is 0.0794. The summed E-state index contributed by atoms with van der Waals surface area (Å²) in [7, 11) is 1.67. The molecule has 9 heteroatoms. The third-order valence-electron chi connectivity index (χ3n) is 4.49. The molecule has 2 heterocycles. The van der Waals surface area contributed by atoms with Gasteiger partial charge in [0.25, 0.3) is 5.91 Å². The summed E-state index contributed by atoms with van der Waals surface area (Å²) in [6, 6.07) is 8.95. The Morgan fingerprint density at radius 1 is 1.38 bits per heavy atom. The number of aliphatic imine (C=N–C) groups is 1. The van der Waals surface area contributed by atoms with Crippen molar-refractivity contribution in [1.29, 1.82) is 0 Å². The molecule has 0 saturated heterocycles. The molecule has 1 atom stereocenters. The van der Waals surface area contributed by atoms with Gasteiger partial charge in [-0.25, -0.2) is 4.79 Å². The summed E-state index contributed by atoms with van der Waals surface area (Å²) in [5.74, 6) is -0.204. The Morgan fingerprint density at radius 3 is 2.83 bits per heavy atom. The lowest BCUT2D eigenvalue weighted by Crippen LogP contribution is -2.37. The molecule has 154 valence electrons.